The molecular formula is C13H20N2OS. The third-order valence-electron chi connectivity index (χ3n) is 2.94. The summed E-state index contributed by atoms with van der Waals surface area (Å²) in [7, 11) is 4.08. The van der Waals surface area contributed by atoms with Crippen molar-refractivity contribution in [2.45, 2.75) is 19.4 Å². The van der Waals surface area contributed by atoms with Crippen LogP contribution in [0, 0.1) is 0 Å². The van der Waals surface area contributed by atoms with E-state index in [4.69, 9.17) is 22.7 Å². The van der Waals surface area contributed by atoms with Gasteiger partial charge in [0.25, 0.3) is 0 Å². The van der Waals surface area contributed by atoms with Gasteiger partial charge in [-0.25, -0.2) is 0 Å². The van der Waals surface area contributed by atoms with Crippen LogP contribution < -0.4 is 10.5 Å². The summed E-state index contributed by atoms with van der Waals surface area (Å²) < 4.78 is 5.74. The Hall–Kier alpha value is -1.13. The maximum absolute atomic E-state index is 5.74. The lowest BCUT2D eigenvalue weighted by molar-refractivity contribution is 0.114. The second-order valence-corrected chi connectivity index (χ2v) is 5.32. The van der Waals surface area contributed by atoms with Crippen LogP contribution in [0.1, 0.15) is 19.4 Å². The molecule has 17 heavy (non-hydrogen) atoms. The normalized spacial score (nSPS) is 11.6. The molecule has 0 saturated heterocycles. The molecule has 0 atom stereocenters. The Balaban J connectivity index is 2.62. The Morgan fingerprint density at radius 2 is 1.82 bits per heavy atom. The minimum atomic E-state index is 0.00183. The quantitative estimate of drug-likeness (QED) is 0.814. The van der Waals surface area contributed by atoms with E-state index < -0.39 is 0 Å². The second kappa shape index (κ2) is 5.47. The monoisotopic (exact) mass is 252 g/mol. The summed E-state index contributed by atoms with van der Waals surface area (Å²) in [5.41, 5.74) is 6.39. The lowest BCUT2D eigenvalue weighted by Crippen LogP contribution is -2.43. The predicted molar refractivity (Wildman–Crippen MR) is 75.6 cm³/mol. The van der Waals surface area contributed by atoms with Crippen molar-refractivity contribution in [2.24, 2.45) is 5.73 Å². The molecule has 0 spiro atoms. The zero-order valence-electron chi connectivity index (χ0n) is 10.9. The molecule has 1 aromatic rings. The highest BCUT2D eigenvalue weighted by Gasteiger charge is 2.21. The van der Waals surface area contributed by atoms with Gasteiger partial charge in [-0.1, -0.05) is 12.2 Å². The summed E-state index contributed by atoms with van der Waals surface area (Å²) in [5, 5.41) is 0. The van der Waals surface area contributed by atoms with Gasteiger partial charge >= 0.3 is 0 Å². The summed E-state index contributed by atoms with van der Waals surface area (Å²) in [6, 6.07) is 7.53. The van der Waals surface area contributed by atoms with Gasteiger partial charge in [0, 0.05) is 11.1 Å². The average Bonchev–Trinajstić information content (AvgIpc) is 2.27. The van der Waals surface area contributed by atoms with Crippen LogP contribution in [0.2, 0.25) is 0 Å². The van der Waals surface area contributed by atoms with Crippen molar-refractivity contribution in [3.8, 4) is 5.75 Å². The number of nitrogens with two attached hydrogens (primary N) is 1. The summed E-state index contributed by atoms with van der Waals surface area (Å²) in [4.78, 5) is 2.54. The molecule has 2 N–H and O–H groups in total. The van der Waals surface area contributed by atoms with E-state index in [0.29, 0.717) is 11.6 Å². The molecule has 0 aliphatic carbocycles. The molecule has 0 fully saturated rings. The Labute approximate surface area is 109 Å². The number of hydrogen-bond donors (Lipinski definition) is 1. The van der Waals surface area contributed by atoms with Crippen LogP contribution in [-0.2, 0) is 0 Å². The second-order valence-electron chi connectivity index (χ2n) is 4.88. The van der Waals surface area contributed by atoms with E-state index in [1.165, 1.54) is 0 Å². The number of rotatable bonds is 5. The molecule has 1 aromatic carbocycles. The molecular weight excluding hydrogens is 232 g/mol. The zero-order valence-corrected chi connectivity index (χ0v) is 11.7. The molecule has 3 nitrogen and oxygen atoms in total. The van der Waals surface area contributed by atoms with Gasteiger partial charge in [0.2, 0.25) is 0 Å². The highest BCUT2D eigenvalue weighted by atomic mass is 32.1. The van der Waals surface area contributed by atoms with Crippen molar-refractivity contribution >= 4 is 17.2 Å². The summed E-state index contributed by atoms with van der Waals surface area (Å²) in [6.07, 6.45) is 0. The first-order chi connectivity index (χ1) is 7.83. The molecule has 0 amide bonds. The molecule has 0 radical (unpaired) electrons. The molecule has 0 heterocycles. The van der Waals surface area contributed by atoms with Crippen LogP contribution in [0.3, 0.4) is 0 Å². The summed E-state index contributed by atoms with van der Waals surface area (Å²) in [5.74, 6) is 0.833. The molecule has 0 unspecified atom stereocenters. The first kappa shape index (κ1) is 13.9. The topological polar surface area (TPSA) is 38.5 Å². The first-order valence-corrected chi connectivity index (χ1v) is 5.94. The fourth-order valence-corrected chi connectivity index (χ4v) is 1.24. The van der Waals surface area contributed by atoms with E-state index in [-0.39, 0.29) is 5.54 Å². The van der Waals surface area contributed by atoms with Crippen molar-refractivity contribution in [3.05, 3.63) is 29.8 Å². The van der Waals surface area contributed by atoms with E-state index >= 15 is 0 Å². The number of hydrogen-bond acceptors (Lipinski definition) is 3. The van der Waals surface area contributed by atoms with Crippen molar-refractivity contribution in [1.82, 2.24) is 4.90 Å². The minimum Gasteiger partial charge on any atom is -0.492 e. The van der Waals surface area contributed by atoms with Gasteiger partial charge in [0.1, 0.15) is 17.3 Å². The predicted octanol–water partition coefficient (Wildman–Crippen LogP) is 2.04. The number of ether oxygens (including phenoxy) is 1. The fraction of sp³-hybridized carbons (Fsp3) is 0.462. The maximum Gasteiger partial charge on any atom is 0.119 e. The zero-order chi connectivity index (χ0) is 13.1. The Kier molecular flexibility index (Phi) is 4.48. The van der Waals surface area contributed by atoms with Crippen molar-refractivity contribution in [2.75, 3.05) is 20.7 Å². The van der Waals surface area contributed by atoms with E-state index in [1.54, 1.807) is 0 Å². The number of thiocarbonyl (C=S) groups is 1. The molecule has 94 valence electrons. The Morgan fingerprint density at radius 1 is 1.29 bits per heavy atom. The Bertz CT molecular complexity index is 385. The van der Waals surface area contributed by atoms with Gasteiger partial charge in [-0.3, -0.25) is 0 Å². The molecule has 0 aromatic heterocycles. The Morgan fingerprint density at radius 3 is 2.24 bits per heavy atom. The van der Waals surface area contributed by atoms with Gasteiger partial charge in [-0.05, 0) is 52.2 Å². The largest absolute Gasteiger partial charge is 0.492 e. The van der Waals surface area contributed by atoms with E-state index in [1.807, 2.05) is 38.4 Å². The van der Waals surface area contributed by atoms with Gasteiger partial charge in [0.05, 0.1) is 0 Å². The maximum atomic E-state index is 5.74. The number of nitrogens with zero attached hydrogens (tertiary/aromatic N) is 1. The molecule has 0 saturated carbocycles. The highest BCUT2D eigenvalue weighted by molar-refractivity contribution is 7.80. The van der Waals surface area contributed by atoms with Gasteiger partial charge in [0.15, 0.2) is 0 Å². The molecule has 0 bridgehead atoms. The highest BCUT2D eigenvalue weighted by Crippen LogP contribution is 2.16. The standard InChI is InChI=1S/C13H20N2OS/c1-13(2,15(3)4)9-16-11-7-5-10(6-8-11)12(14)17/h5-8H,9H2,1-4H3,(H2,14,17). The third kappa shape index (κ3) is 3.98. The molecule has 0 aliphatic rings. The van der Waals surface area contributed by atoms with E-state index in [2.05, 4.69) is 18.7 Å². The van der Waals surface area contributed by atoms with Crippen LogP contribution in [-0.4, -0.2) is 36.1 Å². The summed E-state index contributed by atoms with van der Waals surface area (Å²) in [6.45, 7) is 4.90. The van der Waals surface area contributed by atoms with Crippen LogP contribution in [0.4, 0.5) is 0 Å². The van der Waals surface area contributed by atoms with Crippen LogP contribution in [0.5, 0.6) is 5.75 Å². The third-order valence-corrected chi connectivity index (χ3v) is 3.18. The van der Waals surface area contributed by atoms with Gasteiger partial charge in [-0.2, -0.15) is 0 Å². The number of benzene rings is 1. The lowest BCUT2D eigenvalue weighted by Gasteiger charge is -2.32. The SMILES string of the molecule is CN(C)C(C)(C)COc1ccc(C(N)=S)cc1. The molecule has 0 aliphatic heterocycles. The lowest BCUT2D eigenvalue weighted by atomic mass is 10.1. The number of likely N-dealkylation sites (N-methyl/N-ethyl adjacent to an activating group) is 1. The van der Waals surface area contributed by atoms with Gasteiger partial charge in [-0.15, -0.1) is 0 Å². The first-order valence-electron chi connectivity index (χ1n) is 5.53. The van der Waals surface area contributed by atoms with Crippen LogP contribution in [0.25, 0.3) is 0 Å². The van der Waals surface area contributed by atoms with E-state index in [9.17, 15) is 0 Å². The van der Waals surface area contributed by atoms with Crippen molar-refractivity contribution < 1.29 is 4.74 Å². The van der Waals surface area contributed by atoms with Crippen LogP contribution in [0.15, 0.2) is 24.3 Å². The smallest absolute Gasteiger partial charge is 0.119 e. The van der Waals surface area contributed by atoms with Crippen molar-refractivity contribution in [1.29, 1.82) is 0 Å². The van der Waals surface area contributed by atoms with Crippen LogP contribution >= 0.6 is 12.2 Å². The minimum absolute atomic E-state index is 0.00183. The molecule has 1 rings (SSSR count). The summed E-state index contributed by atoms with van der Waals surface area (Å²) >= 11 is 4.89. The fourth-order valence-electron chi connectivity index (χ4n) is 1.10. The average molecular weight is 252 g/mol. The van der Waals surface area contributed by atoms with Crippen molar-refractivity contribution in [3.63, 3.8) is 0 Å². The van der Waals surface area contributed by atoms with E-state index in [0.717, 1.165) is 11.3 Å². The molecule has 4 heteroatoms. The van der Waals surface area contributed by atoms with Gasteiger partial charge < -0.3 is 15.4 Å².